The molecule has 9 heteroatoms. The Morgan fingerprint density at radius 1 is 0.949 bits per heavy atom. The molecule has 1 N–H and O–H groups in total. The van der Waals surface area contributed by atoms with E-state index < -0.39 is 6.04 Å². The number of fused-ring (bicyclic) bond motifs is 1. The highest BCUT2D eigenvalue weighted by molar-refractivity contribution is 7.07. The first-order valence-electron chi connectivity index (χ1n) is 12.2. The fourth-order valence-electron chi connectivity index (χ4n) is 4.60. The van der Waals surface area contributed by atoms with Crippen molar-refractivity contribution in [3.8, 4) is 17.2 Å². The first kappa shape index (κ1) is 26.0. The van der Waals surface area contributed by atoms with Crippen LogP contribution >= 0.6 is 11.3 Å². The fourth-order valence-corrected chi connectivity index (χ4v) is 5.63. The second-order valence-electron chi connectivity index (χ2n) is 8.75. The number of carbonyl (C=O) groups is 1. The average molecular weight is 542 g/mol. The van der Waals surface area contributed by atoms with Gasteiger partial charge in [-0.25, -0.2) is 4.99 Å². The van der Waals surface area contributed by atoms with Gasteiger partial charge in [0.2, 0.25) is 0 Å². The lowest BCUT2D eigenvalue weighted by Crippen LogP contribution is -2.40. The maximum atomic E-state index is 14.0. The Balaban J connectivity index is 1.73. The highest BCUT2D eigenvalue weighted by atomic mass is 32.1. The summed E-state index contributed by atoms with van der Waals surface area (Å²) in [4.78, 5) is 32.9. The van der Waals surface area contributed by atoms with Gasteiger partial charge in [0.05, 0.1) is 37.1 Å². The second-order valence-corrected chi connectivity index (χ2v) is 9.76. The molecule has 3 aromatic carbocycles. The zero-order valence-electron chi connectivity index (χ0n) is 21.9. The van der Waals surface area contributed by atoms with E-state index in [0.29, 0.717) is 49.1 Å². The molecule has 1 amide bonds. The Hall–Kier alpha value is -4.63. The number of anilines is 1. The number of thiazole rings is 1. The number of ether oxygens (including phenoxy) is 3. The second kappa shape index (κ2) is 11.0. The van der Waals surface area contributed by atoms with Gasteiger partial charge in [0, 0.05) is 22.9 Å². The molecule has 0 unspecified atom stereocenters. The van der Waals surface area contributed by atoms with Crippen LogP contribution in [0.25, 0.3) is 6.08 Å². The summed E-state index contributed by atoms with van der Waals surface area (Å²) in [6.45, 7) is 1.78. The van der Waals surface area contributed by atoms with Gasteiger partial charge in [0.25, 0.3) is 11.5 Å². The van der Waals surface area contributed by atoms with E-state index >= 15 is 0 Å². The van der Waals surface area contributed by atoms with Gasteiger partial charge in [-0.3, -0.25) is 14.2 Å². The maximum Gasteiger partial charge on any atom is 0.271 e. The van der Waals surface area contributed by atoms with Gasteiger partial charge in [0.15, 0.2) is 4.80 Å². The van der Waals surface area contributed by atoms with E-state index in [1.54, 1.807) is 63.2 Å². The number of amides is 1. The third-order valence-electron chi connectivity index (χ3n) is 6.46. The van der Waals surface area contributed by atoms with Crippen molar-refractivity contribution in [1.82, 2.24) is 4.57 Å². The molecule has 0 saturated carbocycles. The molecule has 1 aliphatic rings. The summed E-state index contributed by atoms with van der Waals surface area (Å²) < 4.78 is 18.6. The lowest BCUT2D eigenvalue weighted by molar-refractivity contribution is -0.113. The third kappa shape index (κ3) is 4.96. The summed E-state index contributed by atoms with van der Waals surface area (Å²) in [5, 5.41) is 2.96. The molecule has 0 radical (unpaired) electrons. The number of nitrogens with zero attached hydrogens (tertiary/aromatic N) is 2. The maximum absolute atomic E-state index is 14.0. The minimum Gasteiger partial charge on any atom is -0.497 e. The number of aromatic nitrogens is 1. The number of methoxy groups -OCH3 is 3. The molecule has 39 heavy (non-hydrogen) atoms. The van der Waals surface area contributed by atoms with Crippen molar-refractivity contribution < 1.29 is 19.0 Å². The van der Waals surface area contributed by atoms with E-state index in [1.807, 2.05) is 48.5 Å². The van der Waals surface area contributed by atoms with Crippen LogP contribution in [-0.2, 0) is 4.79 Å². The molecule has 2 heterocycles. The van der Waals surface area contributed by atoms with Crippen molar-refractivity contribution >= 4 is 29.0 Å². The van der Waals surface area contributed by atoms with E-state index in [-0.39, 0.29) is 11.5 Å². The van der Waals surface area contributed by atoms with Crippen molar-refractivity contribution in [2.45, 2.75) is 13.0 Å². The number of hydrogen-bond acceptors (Lipinski definition) is 7. The Morgan fingerprint density at radius 2 is 1.67 bits per heavy atom. The van der Waals surface area contributed by atoms with Crippen LogP contribution in [0.15, 0.2) is 93.9 Å². The molecule has 198 valence electrons. The van der Waals surface area contributed by atoms with Crippen LogP contribution in [0.3, 0.4) is 0 Å². The Labute approximate surface area is 229 Å². The number of rotatable bonds is 7. The highest BCUT2D eigenvalue weighted by Crippen LogP contribution is 2.37. The lowest BCUT2D eigenvalue weighted by Gasteiger charge is -2.26. The minimum atomic E-state index is -0.786. The van der Waals surface area contributed by atoms with Crippen LogP contribution in [0.4, 0.5) is 5.69 Å². The van der Waals surface area contributed by atoms with Crippen LogP contribution in [0.2, 0.25) is 0 Å². The first-order valence-corrected chi connectivity index (χ1v) is 13.0. The largest absolute Gasteiger partial charge is 0.497 e. The highest BCUT2D eigenvalue weighted by Gasteiger charge is 2.34. The van der Waals surface area contributed by atoms with Gasteiger partial charge in [-0.1, -0.05) is 47.7 Å². The van der Waals surface area contributed by atoms with Gasteiger partial charge in [-0.05, 0) is 43.3 Å². The van der Waals surface area contributed by atoms with Gasteiger partial charge >= 0.3 is 0 Å². The number of carbonyl (C=O) groups excluding carboxylic acids is 1. The zero-order valence-corrected chi connectivity index (χ0v) is 22.7. The summed E-state index contributed by atoms with van der Waals surface area (Å²) in [5.74, 6) is 1.37. The molecule has 1 atom stereocenters. The molecule has 1 aromatic heterocycles. The van der Waals surface area contributed by atoms with Gasteiger partial charge in [-0.2, -0.15) is 0 Å². The summed E-state index contributed by atoms with van der Waals surface area (Å²) in [6, 6.07) is 21.2. The fraction of sp³-hybridized carbons (Fsp3) is 0.167. The Bertz CT molecular complexity index is 1760. The number of hydrogen-bond donors (Lipinski definition) is 1. The first-order chi connectivity index (χ1) is 18.9. The molecule has 0 aliphatic carbocycles. The van der Waals surface area contributed by atoms with Crippen molar-refractivity contribution in [3.63, 3.8) is 0 Å². The van der Waals surface area contributed by atoms with E-state index in [4.69, 9.17) is 19.2 Å². The van der Waals surface area contributed by atoms with Crippen LogP contribution in [0, 0.1) is 0 Å². The normalized spacial score (nSPS) is 14.9. The van der Waals surface area contributed by atoms with E-state index in [9.17, 15) is 9.59 Å². The summed E-state index contributed by atoms with van der Waals surface area (Å²) >= 11 is 1.26. The van der Waals surface area contributed by atoms with E-state index in [1.165, 1.54) is 11.3 Å². The SMILES string of the molecule is COc1ccc([C@H]2C(C(=O)Nc3ccccc3)=C(C)N=c3s/c(=C\c4ccccc4OC)c(=O)n32)c(OC)c1. The molecule has 0 bridgehead atoms. The van der Waals surface area contributed by atoms with Crippen LogP contribution in [0.1, 0.15) is 24.1 Å². The van der Waals surface area contributed by atoms with Gasteiger partial charge in [-0.15, -0.1) is 0 Å². The van der Waals surface area contributed by atoms with E-state index in [0.717, 1.165) is 5.56 Å². The van der Waals surface area contributed by atoms with Gasteiger partial charge in [0.1, 0.15) is 23.3 Å². The molecular formula is C30H27N3O5S. The standard InChI is InChI=1S/C30H27N3O5S/c1-18-26(28(34)32-20-11-6-5-7-12-20)27(22-15-14-21(36-2)17-24(22)38-4)33-29(35)25(39-30(33)31-18)16-19-10-8-9-13-23(19)37-3/h5-17,27H,1-4H3,(H,32,34)/b25-16-/t27-/m0/s1. The molecule has 8 nitrogen and oxygen atoms in total. The predicted molar refractivity (Wildman–Crippen MR) is 151 cm³/mol. The van der Waals surface area contributed by atoms with Gasteiger partial charge < -0.3 is 19.5 Å². The number of benzene rings is 3. The third-order valence-corrected chi connectivity index (χ3v) is 7.44. The summed E-state index contributed by atoms with van der Waals surface area (Å²) in [7, 11) is 4.70. The van der Waals surface area contributed by atoms with E-state index in [2.05, 4.69) is 5.32 Å². The quantitative estimate of drug-likeness (QED) is 0.383. The molecule has 1 aliphatic heterocycles. The Kier molecular flexibility index (Phi) is 7.33. The lowest BCUT2D eigenvalue weighted by atomic mass is 9.94. The monoisotopic (exact) mass is 541 g/mol. The minimum absolute atomic E-state index is 0.273. The molecule has 4 aromatic rings. The van der Waals surface area contributed by atoms with Crippen LogP contribution in [-0.4, -0.2) is 31.8 Å². The topological polar surface area (TPSA) is 91.2 Å². The zero-order chi connectivity index (χ0) is 27.5. The summed E-state index contributed by atoms with van der Waals surface area (Å²) in [6.07, 6.45) is 1.79. The van der Waals surface area contributed by atoms with Crippen molar-refractivity contribution in [1.29, 1.82) is 0 Å². The van der Waals surface area contributed by atoms with Crippen LogP contribution < -0.4 is 34.4 Å². The average Bonchev–Trinajstić information content (AvgIpc) is 3.26. The predicted octanol–water partition coefficient (Wildman–Crippen LogP) is 3.90. The smallest absolute Gasteiger partial charge is 0.271 e. The molecule has 0 fully saturated rings. The summed E-state index contributed by atoms with van der Waals surface area (Å²) in [5.41, 5.74) is 2.62. The number of nitrogens with one attached hydrogen (secondary N) is 1. The Morgan fingerprint density at radius 3 is 2.38 bits per heavy atom. The van der Waals surface area contributed by atoms with Crippen LogP contribution in [0.5, 0.6) is 17.2 Å². The number of allylic oxidation sites excluding steroid dienone is 1. The molecule has 5 rings (SSSR count). The van der Waals surface area contributed by atoms with Crippen molar-refractivity contribution in [2.24, 2.45) is 4.99 Å². The number of para-hydroxylation sites is 2. The van der Waals surface area contributed by atoms with Crippen molar-refractivity contribution in [3.05, 3.63) is 115 Å². The van der Waals surface area contributed by atoms with Crippen molar-refractivity contribution in [2.75, 3.05) is 26.6 Å². The molecule has 0 saturated heterocycles. The molecule has 0 spiro atoms. The molecular weight excluding hydrogens is 514 g/mol.